The van der Waals surface area contributed by atoms with E-state index in [1.807, 2.05) is 6.33 Å². The smallest absolute Gasteiger partial charge is 0.0925 e. The molecule has 1 N–H and O–H groups in total. The third-order valence-corrected chi connectivity index (χ3v) is 3.18. The number of aromatic amines is 1. The molecule has 0 spiro atoms. The summed E-state index contributed by atoms with van der Waals surface area (Å²) in [6.45, 7) is 2.13. The standard InChI is InChI=1S/C13H15N3/c1-2-4-11(5-3-1)16-8-6-12-13(7-9-16)15-10-14-12/h1-5,10H,6-9H2,(H,14,15). The van der Waals surface area contributed by atoms with E-state index in [0.717, 1.165) is 25.9 Å². The Kier molecular flexibility index (Phi) is 2.37. The van der Waals surface area contributed by atoms with Gasteiger partial charge >= 0.3 is 0 Å². The molecule has 1 aliphatic rings. The van der Waals surface area contributed by atoms with E-state index >= 15 is 0 Å². The van der Waals surface area contributed by atoms with Gasteiger partial charge in [-0.2, -0.15) is 0 Å². The number of aromatic nitrogens is 2. The molecule has 1 aromatic carbocycles. The van der Waals surface area contributed by atoms with E-state index in [0.29, 0.717) is 0 Å². The van der Waals surface area contributed by atoms with Gasteiger partial charge < -0.3 is 9.88 Å². The van der Waals surface area contributed by atoms with Crippen molar-refractivity contribution in [3.8, 4) is 0 Å². The minimum absolute atomic E-state index is 1.04. The van der Waals surface area contributed by atoms with Gasteiger partial charge in [0.25, 0.3) is 0 Å². The molecule has 2 heterocycles. The Balaban J connectivity index is 1.80. The SMILES string of the molecule is c1ccc(N2CCc3nc[nH]c3CC2)cc1. The summed E-state index contributed by atoms with van der Waals surface area (Å²) in [5.74, 6) is 0. The highest BCUT2D eigenvalue weighted by Gasteiger charge is 2.15. The molecular weight excluding hydrogens is 198 g/mol. The van der Waals surface area contributed by atoms with Crippen LogP contribution in [0.1, 0.15) is 11.4 Å². The van der Waals surface area contributed by atoms with Gasteiger partial charge in [-0.25, -0.2) is 4.98 Å². The Morgan fingerprint density at radius 3 is 2.75 bits per heavy atom. The molecule has 0 bridgehead atoms. The Hall–Kier alpha value is -1.77. The van der Waals surface area contributed by atoms with Crippen LogP contribution in [0.15, 0.2) is 36.7 Å². The van der Waals surface area contributed by atoms with E-state index in [4.69, 9.17) is 0 Å². The second-order valence-electron chi connectivity index (χ2n) is 4.15. The summed E-state index contributed by atoms with van der Waals surface area (Å²) >= 11 is 0. The molecule has 1 aromatic heterocycles. The maximum Gasteiger partial charge on any atom is 0.0925 e. The van der Waals surface area contributed by atoms with Crippen molar-refractivity contribution in [3.63, 3.8) is 0 Å². The summed E-state index contributed by atoms with van der Waals surface area (Å²) in [4.78, 5) is 10.0. The van der Waals surface area contributed by atoms with Crippen LogP contribution in [0.5, 0.6) is 0 Å². The lowest BCUT2D eigenvalue weighted by molar-refractivity contribution is 0.794. The molecule has 16 heavy (non-hydrogen) atoms. The molecule has 0 saturated carbocycles. The topological polar surface area (TPSA) is 31.9 Å². The third-order valence-electron chi connectivity index (χ3n) is 3.18. The van der Waals surface area contributed by atoms with Crippen molar-refractivity contribution in [1.82, 2.24) is 9.97 Å². The van der Waals surface area contributed by atoms with Gasteiger partial charge in [0.1, 0.15) is 0 Å². The van der Waals surface area contributed by atoms with Crippen LogP contribution >= 0.6 is 0 Å². The molecule has 2 aromatic rings. The van der Waals surface area contributed by atoms with Crippen LogP contribution in [0.25, 0.3) is 0 Å². The molecule has 0 amide bonds. The number of imidazole rings is 1. The number of benzene rings is 1. The van der Waals surface area contributed by atoms with Gasteiger partial charge in [0.15, 0.2) is 0 Å². The maximum absolute atomic E-state index is 4.36. The summed E-state index contributed by atoms with van der Waals surface area (Å²) in [6.07, 6.45) is 3.90. The number of hydrogen-bond acceptors (Lipinski definition) is 2. The summed E-state index contributed by atoms with van der Waals surface area (Å²) in [6, 6.07) is 10.6. The Bertz CT molecular complexity index is 439. The zero-order chi connectivity index (χ0) is 10.8. The van der Waals surface area contributed by atoms with Crippen LogP contribution in [-0.2, 0) is 12.8 Å². The molecule has 0 aliphatic carbocycles. The van der Waals surface area contributed by atoms with Crippen molar-refractivity contribution in [1.29, 1.82) is 0 Å². The van der Waals surface area contributed by atoms with Gasteiger partial charge in [-0.15, -0.1) is 0 Å². The van der Waals surface area contributed by atoms with Gasteiger partial charge in [-0.3, -0.25) is 0 Å². The first-order chi connectivity index (χ1) is 7.93. The molecule has 0 saturated heterocycles. The van der Waals surface area contributed by atoms with E-state index in [1.54, 1.807) is 0 Å². The molecule has 3 nitrogen and oxygen atoms in total. The second-order valence-corrected chi connectivity index (χ2v) is 4.15. The molecular formula is C13H15N3. The minimum atomic E-state index is 1.04. The normalized spacial score (nSPS) is 15.6. The van der Waals surface area contributed by atoms with Gasteiger partial charge in [0.2, 0.25) is 0 Å². The molecule has 0 fully saturated rings. The Labute approximate surface area is 95.1 Å². The largest absolute Gasteiger partial charge is 0.371 e. The van der Waals surface area contributed by atoms with Crippen LogP contribution in [0, 0.1) is 0 Å². The average Bonchev–Trinajstić information content (AvgIpc) is 2.70. The number of rotatable bonds is 1. The van der Waals surface area contributed by atoms with E-state index in [2.05, 4.69) is 45.2 Å². The summed E-state index contributed by atoms with van der Waals surface area (Å²) in [5, 5.41) is 0. The average molecular weight is 213 g/mol. The van der Waals surface area contributed by atoms with Crippen molar-refractivity contribution in [2.45, 2.75) is 12.8 Å². The Morgan fingerprint density at radius 2 is 1.88 bits per heavy atom. The lowest BCUT2D eigenvalue weighted by atomic mass is 10.2. The summed E-state index contributed by atoms with van der Waals surface area (Å²) in [5.41, 5.74) is 3.85. The lowest BCUT2D eigenvalue weighted by Crippen LogP contribution is -2.25. The number of fused-ring (bicyclic) bond motifs is 1. The maximum atomic E-state index is 4.36. The van der Waals surface area contributed by atoms with Gasteiger partial charge in [0, 0.05) is 37.3 Å². The number of anilines is 1. The molecule has 0 atom stereocenters. The zero-order valence-electron chi connectivity index (χ0n) is 9.19. The van der Waals surface area contributed by atoms with Crippen molar-refractivity contribution in [2.75, 3.05) is 18.0 Å². The second kappa shape index (κ2) is 4.00. The van der Waals surface area contributed by atoms with E-state index in [1.165, 1.54) is 17.1 Å². The van der Waals surface area contributed by atoms with Crippen molar-refractivity contribution in [2.24, 2.45) is 0 Å². The van der Waals surface area contributed by atoms with Crippen molar-refractivity contribution < 1.29 is 0 Å². The highest BCUT2D eigenvalue weighted by Crippen LogP contribution is 2.18. The lowest BCUT2D eigenvalue weighted by Gasteiger charge is -2.22. The minimum Gasteiger partial charge on any atom is -0.371 e. The number of nitrogens with zero attached hydrogens (tertiary/aromatic N) is 2. The first-order valence-corrected chi connectivity index (χ1v) is 5.74. The monoisotopic (exact) mass is 213 g/mol. The van der Waals surface area contributed by atoms with Gasteiger partial charge in [-0.1, -0.05) is 18.2 Å². The van der Waals surface area contributed by atoms with Gasteiger partial charge in [-0.05, 0) is 12.1 Å². The summed E-state index contributed by atoms with van der Waals surface area (Å²) < 4.78 is 0. The predicted molar refractivity (Wildman–Crippen MR) is 64.7 cm³/mol. The van der Waals surface area contributed by atoms with E-state index < -0.39 is 0 Å². The Morgan fingerprint density at radius 1 is 1.06 bits per heavy atom. The quantitative estimate of drug-likeness (QED) is 0.786. The number of hydrogen-bond donors (Lipinski definition) is 1. The van der Waals surface area contributed by atoms with Crippen LogP contribution in [0.3, 0.4) is 0 Å². The molecule has 1 aliphatic heterocycles. The fraction of sp³-hybridized carbons (Fsp3) is 0.308. The summed E-state index contributed by atoms with van der Waals surface area (Å²) in [7, 11) is 0. The van der Waals surface area contributed by atoms with Crippen LogP contribution in [0.2, 0.25) is 0 Å². The van der Waals surface area contributed by atoms with E-state index in [9.17, 15) is 0 Å². The zero-order valence-corrected chi connectivity index (χ0v) is 9.19. The molecule has 3 rings (SSSR count). The molecule has 0 radical (unpaired) electrons. The number of nitrogens with one attached hydrogen (secondary N) is 1. The van der Waals surface area contributed by atoms with Crippen LogP contribution < -0.4 is 4.90 Å². The number of para-hydroxylation sites is 1. The van der Waals surface area contributed by atoms with Gasteiger partial charge in [0.05, 0.1) is 12.0 Å². The molecule has 82 valence electrons. The molecule has 0 unspecified atom stereocenters. The first-order valence-electron chi connectivity index (χ1n) is 5.74. The fourth-order valence-electron chi connectivity index (χ4n) is 2.28. The van der Waals surface area contributed by atoms with Crippen molar-refractivity contribution >= 4 is 5.69 Å². The van der Waals surface area contributed by atoms with E-state index in [-0.39, 0.29) is 0 Å². The molecule has 3 heteroatoms. The fourth-order valence-corrected chi connectivity index (χ4v) is 2.28. The third kappa shape index (κ3) is 1.69. The van der Waals surface area contributed by atoms with Crippen LogP contribution in [0.4, 0.5) is 5.69 Å². The number of H-pyrrole nitrogens is 1. The predicted octanol–water partition coefficient (Wildman–Crippen LogP) is 2.01. The highest BCUT2D eigenvalue weighted by molar-refractivity contribution is 5.46. The van der Waals surface area contributed by atoms with Crippen molar-refractivity contribution in [3.05, 3.63) is 48.0 Å². The first kappa shape index (κ1) is 9.46. The highest BCUT2D eigenvalue weighted by atomic mass is 15.1. The van der Waals surface area contributed by atoms with Crippen LogP contribution in [-0.4, -0.2) is 23.1 Å².